The van der Waals surface area contributed by atoms with E-state index in [4.69, 9.17) is 0 Å². The molecule has 5 heteroatoms. The van der Waals surface area contributed by atoms with Gasteiger partial charge in [0.15, 0.2) is 0 Å². The fourth-order valence-electron chi connectivity index (χ4n) is 2.72. The number of nitrogens with zero attached hydrogens (tertiary/aromatic N) is 1. The molecule has 0 unspecified atom stereocenters. The number of fused-ring (bicyclic) bond motifs is 3. The molecule has 3 rings (SSSR count). The highest BCUT2D eigenvalue weighted by atomic mass is 127. The molecule has 0 spiro atoms. The highest BCUT2D eigenvalue weighted by Gasteiger charge is 2.14. The van der Waals surface area contributed by atoms with Gasteiger partial charge in [-0.3, -0.25) is 0 Å². The van der Waals surface area contributed by atoms with Crippen molar-refractivity contribution < 1.29 is 0 Å². The number of hydrogen-bond acceptors (Lipinski definition) is 0. The van der Waals surface area contributed by atoms with Crippen LogP contribution < -0.4 is 0 Å². The SMILES string of the molecule is BrCCCCn1c2ccc(I)cc2c2cc(I)cc(I)c21. The Hall–Kier alpha value is 0.910. The number of benzene rings is 2. The molecule has 0 saturated carbocycles. The number of halogens is 4. The third-order valence-electron chi connectivity index (χ3n) is 3.60. The van der Waals surface area contributed by atoms with Crippen LogP contribution in [-0.2, 0) is 6.54 Å². The monoisotopic (exact) mass is 679 g/mol. The summed E-state index contributed by atoms with van der Waals surface area (Å²) >= 11 is 10.8. The van der Waals surface area contributed by atoms with Gasteiger partial charge in [-0.25, -0.2) is 0 Å². The summed E-state index contributed by atoms with van der Waals surface area (Å²) in [6.07, 6.45) is 2.42. The second-order valence-electron chi connectivity index (χ2n) is 4.99. The molecule has 0 atom stereocenters. The molecule has 110 valence electrons. The van der Waals surface area contributed by atoms with Crippen LogP contribution >= 0.6 is 83.7 Å². The Balaban J connectivity index is 2.30. The van der Waals surface area contributed by atoms with Crippen LogP contribution in [0.25, 0.3) is 21.8 Å². The summed E-state index contributed by atoms with van der Waals surface area (Å²) in [5.74, 6) is 0. The van der Waals surface area contributed by atoms with Gasteiger partial charge in [-0.1, -0.05) is 15.9 Å². The van der Waals surface area contributed by atoms with Crippen LogP contribution in [0.15, 0.2) is 30.3 Å². The van der Waals surface area contributed by atoms with Crippen molar-refractivity contribution in [1.82, 2.24) is 4.57 Å². The van der Waals surface area contributed by atoms with Gasteiger partial charge in [0, 0.05) is 38.9 Å². The molecule has 0 aliphatic carbocycles. The molecule has 0 saturated heterocycles. The Morgan fingerprint density at radius 3 is 2.43 bits per heavy atom. The van der Waals surface area contributed by atoms with Crippen molar-refractivity contribution >= 4 is 106 Å². The first-order chi connectivity index (χ1) is 10.1. The summed E-state index contributed by atoms with van der Waals surface area (Å²) in [6.45, 7) is 1.09. The van der Waals surface area contributed by atoms with Gasteiger partial charge in [-0.05, 0) is 111 Å². The lowest BCUT2D eigenvalue weighted by atomic mass is 10.2. The quantitative estimate of drug-likeness (QED) is 0.163. The van der Waals surface area contributed by atoms with E-state index in [0.717, 1.165) is 11.9 Å². The second-order valence-corrected chi connectivity index (χ2v) is 9.44. The van der Waals surface area contributed by atoms with E-state index in [-0.39, 0.29) is 0 Å². The van der Waals surface area contributed by atoms with Crippen LogP contribution in [0.3, 0.4) is 0 Å². The second kappa shape index (κ2) is 7.21. The molecule has 0 amide bonds. The molecule has 0 aliphatic heterocycles. The van der Waals surface area contributed by atoms with Crippen molar-refractivity contribution in [1.29, 1.82) is 0 Å². The molecule has 1 aromatic heterocycles. The predicted molar refractivity (Wildman–Crippen MR) is 121 cm³/mol. The molecule has 21 heavy (non-hydrogen) atoms. The minimum Gasteiger partial charge on any atom is -0.340 e. The van der Waals surface area contributed by atoms with Gasteiger partial charge in [-0.2, -0.15) is 0 Å². The zero-order chi connectivity index (χ0) is 15.0. The van der Waals surface area contributed by atoms with Crippen molar-refractivity contribution in [3.63, 3.8) is 0 Å². The molecule has 0 aliphatic rings. The lowest BCUT2D eigenvalue weighted by molar-refractivity contribution is 0.669. The highest BCUT2D eigenvalue weighted by Crippen LogP contribution is 2.34. The Labute approximate surface area is 173 Å². The maximum Gasteiger partial charge on any atom is 0.0627 e. The molecule has 1 nitrogen and oxygen atoms in total. The van der Waals surface area contributed by atoms with E-state index >= 15 is 0 Å². The number of aromatic nitrogens is 1. The van der Waals surface area contributed by atoms with Crippen LogP contribution in [0, 0.1) is 10.7 Å². The maximum atomic E-state index is 3.53. The van der Waals surface area contributed by atoms with E-state index in [1.807, 2.05) is 0 Å². The number of rotatable bonds is 4. The first kappa shape index (κ1) is 16.8. The van der Waals surface area contributed by atoms with Gasteiger partial charge < -0.3 is 4.57 Å². The summed E-state index contributed by atoms with van der Waals surface area (Å²) in [4.78, 5) is 0. The minimum absolute atomic E-state index is 1.08. The van der Waals surface area contributed by atoms with Gasteiger partial charge in [0.2, 0.25) is 0 Å². The smallest absolute Gasteiger partial charge is 0.0627 e. The third kappa shape index (κ3) is 3.40. The third-order valence-corrected chi connectivity index (χ3v) is 6.28. The van der Waals surface area contributed by atoms with Gasteiger partial charge >= 0.3 is 0 Å². The minimum atomic E-state index is 1.08. The number of aryl methyl sites for hydroxylation is 1. The zero-order valence-corrected chi connectivity index (χ0v) is 19.2. The standard InChI is InChI=1S/C16H13BrI3N/c17-5-1-2-6-21-15-4-3-10(18)7-12(15)13-8-11(19)9-14(20)16(13)21/h3-4,7-9H,1-2,5-6H2. The molecular weight excluding hydrogens is 667 g/mol. The summed E-state index contributed by atoms with van der Waals surface area (Å²) in [6, 6.07) is 11.4. The number of alkyl halides is 1. The predicted octanol–water partition coefficient (Wildman–Crippen LogP) is 6.78. The highest BCUT2D eigenvalue weighted by molar-refractivity contribution is 14.1. The van der Waals surface area contributed by atoms with Gasteiger partial charge in [-0.15, -0.1) is 0 Å². The number of hydrogen-bond donors (Lipinski definition) is 0. The lowest BCUT2D eigenvalue weighted by Gasteiger charge is -2.08. The lowest BCUT2D eigenvalue weighted by Crippen LogP contribution is -1.99. The van der Waals surface area contributed by atoms with Crippen molar-refractivity contribution in [2.45, 2.75) is 19.4 Å². The Kier molecular flexibility index (Phi) is 5.75. The Morgan fingerprint density at radius 2 is 1.67 bits per heavy atom. The van der Waals surface area contributed by atoms with E-state index in [1.54, 1.807) is 0 Å². The first-order valence-corrected chi connectivity index (χ1v) is 11.1. The van der Waals surface area contributed by atoms with Gasteiger partial charge in [0.1, 0.15) is 0 Å². The topological polar surface area (TPSA) is 4.93 Å². The Morgan fingerprint density at radius 1 is 0.905 bits per heavy atom. The van der Waals surface area contributed by atoms with Crippen molar-refractivity contribution in [3.05, 3.63) is 41.0 Å². The van der Waals surface area contributed by atoms with Crippen LogP contribution in [0.5, 0.6) is 0 Å². The molecule has 1 heterocycles. The molecule has 2 aromatic carbocycles. The fraction of sp³-hybridized carbons (Fsp3) is 0.250. The summed E-state index contributed by atoms with van der Waals surface area (Å²) in [5.41, 5.74) is 2.75. The molecule has 0 fully saturated rings. The van der Waals surface area contributed by atoms with Crippen LogP contribution in [0.4, 0.5) is 0 Å². The molecule has 0 radical (unpaired) electrons. The fourth-order valence-corrected chi connectivity index (χ4v) is 5.75. The normalized spacial score (nSPS) is 11.6. The van der Waals surface area contributed by atoms with Gasteiger partial charge in [0.25, 0.3) is 0 Å². The zero-order valence-electron chi connectivity index (χ0n) is 11.2. The summed E-state index contributed by atoms with van der Waals surface area (Å²) in [5, 5.41) is 3.85. The van der Waals surface area contributed by atoms with E-state index in [9.17, 15) is 0 Å². The van der Waals surface area contributed by atoms with Crippen LogP contribution in [-0.4, -0.2) is 9.90 Å². The molecular formula is C16H13BrI3N. The van der Waals surface area contributed by atoms with Crippen molar-refractivity contribution in [2.24, 2.45) is 0 Å². The molecule has 0 bridgehead atoms. The van der Waals surface area contributed by atoms with E-state index < -0.39 is 0 Å². The maximum absolute atomic E-state index is 3.53. The van der Waals surface area contributed by atoms with Gasteiger partial charge in [0.05, 0.1) is 5.52 Å². The average molecular weight is 680 g/mol. The van der Waals surface area contributed by atoms with E-state index in [1.165, 1.54) is 45.4 Å². The largest absolute Gasteiger partial charge is 0.340 e. The average Bonchev–Trinajstić information content (AvgIpc) is 2.73. The van der Waals surface area contributed by atoms with Crippen LogP contribution in [0.1, 0.15) is 12.8 Å². The van der Waals surface area contributed by atoms with Crippen molar-refractivity contribution in [2.75, 3.05) is 5.33 Å². The van der Waals surface area contributed by atoms with Crippen LogP contribution in [0.2, 0.25) is 0 Å². The molecule has 3 aromatic rings. The Bertz CT molecular complexity index is 810. The van der Waals surface area contributed by atoms with Crippen molar-refractivity contribution in [3.8, 4) is 0 Å². The number of unbranched alkanes of at least 4 members (excludes halogenated alkanes) is 1. The summed E-state index contributed by atoms with van der Waals surface area (Å²) in [7, 11) is 0. The molecule has 0 N–H and O–H groups in total. The summed E-state index contributed by atoms with van der Waals surface area (Å²) < 4.78 is 6.46. The van der Waals surface area contributed by atoms with E-state index in [2.05, 4.69) is 119 Å². The first-order valence-electron chi connectivity index (χ1n) is 6.74. The van der Waals surface area contributed by atoms with E-state index in [0.29, 0.717) is 0 Å².